The van der Waals surface area contributed by atoms with Gasteiger partial charge in [0.05, 0.1) is 0 Å². The Morgan fingerprint density at radius 1 is 1.17 bits per heavy atom. The molecule has 2 aromatic carbocycles. The molecular formula is C21H21F2N3O3. The van der Waals surface area contributed by atoms with Crippen LogP contribution >= 0.6 is 0 Å². The van der Waals surface area contributed by atoms with Gasteiger partial charge in [0, 0.05) is 11.3 Å². The molecule has 1 aliphatic heterocycles. The fourth-order valence-corrected chi connectivity index (χ4v) is 3.35. The maximum atomic E-state index is 14.2. The molecule has 0 unspecified atom stereocenters. The number of halogens is 2. The van der Waals surface area contributed by atoms with Gasteiger partial charge in [0.2, 0.25) is 5.91 Å². The van der Waals surface area contributed by atoms with Crippen molar-refractivity contribution in [2.45, 2.75) is 32.2 Å². The fraction of sp³-hybridized carbons (Fsp3) is 0.286. The standard InChI is InChI=1S/C21H21F2N3O3/c1-12(2)14-6-4-5-7-17(14)24-18(27)11-26-19(28)21(3,25-20(26)29)15-10-13(22)8-9-16(15)23/h4-10,12H,11H2,1-3H3,(H,24,27)(H,25,29)/t21-/m0/s1. The van der Waals surface area contributed by atoms with E-state index in [0.29, 0.717) is 10.6 Å². The topological polar surface area (TPSA) is 78.5 Å². The number of nitrogens with one attached hydrogen (secondary N) is 2. The molecule has 0 saturated carbocycles. The molecule has 8 heteroatoms. The molecule has 3 rings (SSSR count). The van der Waals surface area contributed by atoms with Crippen LogP contribution in [0.2, 0.25) is 0 Å². The lowest BCUT2D eigenvalue weighted by molar-refractivity contribution is -0.133. The molecule has 4 amide bonds. The van der Waals surface area contributed by atoms with E-state index in [1.807, 2.05) is 26.0 Å². The van der Waals surface area contributed by atoms with Gasteiger partial charge in [0.1, 0.15) is 23.7 Å². The largest absolute Gasteiger partial charge is 0.325 e. The summed E-state index contributed by atoms with van der Waals surface area (Å²) < 4.78 is 27.8. The lowest BCUT2D eigenvalue weighted by Crippen LogP contribution is -2.42. The predicted octanol–water partition coefficient (Wildman–Crippen LogP) is 3.49. The van der Waals surface area contributed by atoms with Crippen molar-refractivity contribution in [3.63, 3.8) is 0 Å². The van der Waals surface area contributed by atoms with Crippen LogP contribution in [0.5, 0.6) is 0 Å². The minimum atomic E-state index is -1.81. The third-order valence-corrected chi connectivity index (χ3v) is 4.90. The second kappa shape index (κ2) is 7.62. The van der Waals surface area contributed by atoms with E-state index in [0.717, 1.165) is 23.8 Å². The van der Waals surface area contributed by atoms with Gasteiger partial charge in [-0.25, -0.2) is 13.6 Å². The van der Waals surface area contributed by atoms with Gasteiger partial charge in [-0.2, -0.15) is 0 Å². The predicted molar refractivity (Wildman–Crippen MR) is 103 cm³/mol. The average molecular weight is 401 g/mol. The molecule has 0 spiro atoms. The summed E-state index contributed by atoms with van der Waals surface area (Å²) in [6.07, 6.45) is 0. The highest BCUT2D eigenvalue weighted by atomic mass is 19.1. The first kappa shape index (κ1) is 20.4. The number of carbonyl (C=O) groups is 3. The number of hydrogen-bond acceptors (Lipinski definition) is 3. The van der Waals surface area contributed by atoms with E-state index in [4.69, 9.17) is 0 Å². The molecule has 0 aromatic heterocycles. The molecule has 2 aromatic rings. The van der Waals surface area contributed by atoms with E-state index < -0.39 is 41.6 Å². The van der Waals surface area contributed by atoms with Crippen LogP contribution in [-0.4, -0.2) is 29.3 Å². The Hall–Kier alpha value is -3.29. The summed E-state index contributed by atoms with van der Waals surface area (Å²) >= 11 is 0. The normalized spacial score (nSPS) is 18.9. The zero-order valence-corrected chi connectivity index (χ0v) is 16.3. The van der Waals surface area contributed by atoms with Crippen LogP contribution < -0.4 is 10.6 Å². The second-order valence-electron chi connectivity index (χ2n) is 7.36. The summed E-state index contributed by atoms with van der Waals surface area (Å²) in [7, 11) is 0. The number of amides is 4. The van der Waals surface area contributed by atoms with Crippen LogP contribution in [-0.2, 0) is 15.1 Å². The van der Waals surface area contributed by atoms with Crippen LogP contribution in [0.3, 0.4) is 0 Å². The van der Waals surface area contributed by atoms with Crippen LogP contribution in [0.15, 0.2) is 42.5 Å². The molecule has 0 bridgehead atoms. The molecule has 152 valence electrons. The quantitative estimate of drug-likeness (QED) is 0.753. The van der Waals surface area contributed by atoms with Gasteiger partial charge in [0.15, 0.2) is 0 Å². The van der Waals surface area contributed by atoms with Crippen molar-refractivity contribution < 1.29 is 23.2 Å². The molecule has 1 saturated heterocycles. The molecule has 1 fully saturated rings. The van der Waals surface area contributed by atoms with E-state index in [9.17, 15) is 23.2 Å². The van der Waals surface area contributed by atoms with Crippen molar-refractivity contribution in [1.82, 2.24) is 10.2 Å². The minimum Gasteiger partial charge on any atom is -0.324 e. The number of urea groups is 1. The number of rotatable bonds is 5. The molecule has 0 radical (unpaired) electrons. The Morgan fingerprint density at radius 3 is 2.55 bits per heavy atom. The van der Waals surface area contributed by atoms with Gasteiger partial charge in [-0.1, -0.05) is 32.0 Å². The Labute approximate surface area is 166 Å². The van der Waals surface area contributed by atoms with Crippen LogP contribution in [0, 0.1) is 11.6 Å². The van der Waals surface area contributed by atoms with E-state index in [1.165, 1.54) is 6.92 Å². The summed E-state index contributed by atoms with van der Waals surface area (Å²) in [4.78, 5) is 38.3. The zero-order chi connectivity index (χ0) is 21.3. The van der Waals surface area contributed by atoms with Gasteiger partial charge >= 0.3 is 6.03 Å². The van der Waals surface area contributed by atoms with Crippen LogP contribution in [0.25, 0.3) is 0 Å². The first-order valence-electron chi connectivity index (χ1n) is 9.12. The fourth-order valence-electron chi connectivity index (χ4n) is 3.35. The smallest absolute Gasteiger partial charge is 0.324 e. The van der Waals surface area contributed by atoms with E-state index in [-0.39, 0.29) is 11.5 Å². The Morgan fingerprint density at radius 2 is 1.86 bits per heavy atom. The minimum absolute atomic E-state index is 0.155. The number of imide groups is 1. The molecule has 1 atom stereocenters. The average Bonchev–Trinajstić information content (AvgIpc) is 2.88. The molecule has 29 heavy (non-hydrogen) atoms. The van der Waals surface area contributed by atoms with Crippen molar-refractivity contribution >= 4 is 23.5 Å². The SMILES string of the molecule is CC(C)c1ccccc1NC(=O)CN1C(=O)N[C@@](C)(c2cc(F)ccc2F)C1=O. The third kappa shape index (κ3) is 3.83. The molecular weight excluding hydrogens is 380 g/mol. The first-order valence-corrected chi connectivity index (χ1v) is 9.12. The van der Waals surface area contributed by atoms with Crippen LogP contribution in [0.1, 0.15) is 37.8 Å². The summed E-state index contributed by atoms with van der Waals surface area (Å²) in [5.41, 5.74) is -0.619. The van der Waals surface area contributed by atoms with Gasteiger partial charge in [-0.3, -0.25) is 14.5 Å². The number of nitrogens with zero attached hydrogens (tertiary/aromatic N) is 1. The van der Waals surface area contributed by atoms with Crippen molar-refractivity contribution in [2.24, 2.45) is 0 Å². The van der Waals surface area contributed by atoms with Gasteiger partial charge < -0.3 is 10.6 Å². The lowest BCUT2D eigenvalue weighted by atomic mass is 9.91. The van der Waals surface area contributed by atoms with E-state index in [2.05, 4.69) is 10.6 Å². The van der Waals surface area contributed by atoms with Gasteiger partial charge in [0.25, 0.3) is 5.91 Å². The zero-order valence-electron chi connectivity index (χ0n) is 16.3. The highest BCUT2D eigenvalue weighted by molar-refractivity contribution is 6.10. The Kier molecular flexibility index (Phi) is 5.37. The molecule has 2 N–H and O–H groups in total. The first-order chi connectivity index (χ1) is 13.6. The summed E-state index contributed by atoms with van der Waals surface area (Å²) in [6.45, 7) is 4.67. The van der Waals surface area contributed by atoms with Crippen molar-refractivity contribution in [3.05, 3.63) is 65.2 Å². The number of para-hydroxylation sites is 1. The highest BCUT2D eigenvalue weighted by Gasteiger charge is 2.50. The number of benzene rings is 2. The third-order valence-electron chi connectivity index (χ3n) is 4.90. The summed E-state index contributed by atoms with van der Waals surface area (Å²) in [5.74, 6) is -2.84. The molecule has 1 aliphatic rings. The van der Waals surface area contributed by atoms with Crippen molar-refractivity contribution in [1.29, 1.82) is 0 Å². The maximum absolute atomic E-state index is 14.2. The number of carbonyl (C=O) groups excluding carboxylic acids is 3. The van der Waals surface area contributed by atoms with Gasteiger partial charge in [-0.05, 0) is 42.7 Å². The monoisotopic (exact) mass is 401 g/mol. The van der Waals surface area contributed by atoms with Gasteiger partial charge in [-0.15, -0.1) is 0 Å². The molecule has 0 aliphatic carbocycles. The second-order valence-corrected chi connectivity index (χ2v) is 7.36. The summed E-state index contributed by atoms with van der Waals surface area (Å²) in [6, 6.07) is 9.02. The van der Waals surface area contributed by atoms with E-state index in [1.54, 1.807) is 12.1 Å². The van der Waals surface area contributed by atoms with E-state index >= 15 is 0 Å². The number of anilines is 1. The van der Waals surface area contributed by atoms with Crippen molar-refractivity contribution in [3.8, 4) is 0 Å². The summed E-state index contributed by atoms with van der Waals surface area (Å²) in [5, 5.41) is 5.06. The Balaban J connectivity index is 1.80. The molecule has 1 heterocycles. The van der Waals surface area contributed by atoms with Crippen LogP contribution in [0.4, 0.5) is 19.3 Å². The van der Waals surface area contributed by atoms with Crippen molar-refractivity contribution in [2.75, 3.05) is 11.9 Å². The molecule has 6 nitrogen and oxygen atoms in total. The lowest BCUT2D eigenvalue weighted by Gasteiger charge is -2.22. The maximum Gasteiger partial charge on any atom is 0.325 e. The number of hydrogen-bond donors (Lipinski definition) is 2. The Bertz CT molecular complexity index is 993. The highest BCUT2D eigenvalue weighted by Crippen LogP contribution is 2.31.